The first-order valence-corrected chi connectivity index (χ1v) is 15.0. The van der Waals surface area contributed by atoms with E-state index in [1.165, 1.54) is 13.1 Å². The van der Waals surface area contributed by atoms with Crippen molar-refractivity contribution in [3.63, 3.8) is 0 Å². The lowest BCUT2D eigenvalue weighted by molar-refractivity contribution is -0.140. The predicted octanol–water partition coefficient (Wildman–Crippen LogP) is 3.84. The molecule has 5 rings (SSSR count). The Bertz CT molecular complexity index is 1740. The first-order valence-electron chi connectivity index (χ1n) is 13.3. The minimum absolute atomic E-state index is 0.0176. The summed E-state index contributed by atoms with van der Waals surface area (Å²) in [5, 5.41) is 3.68. The van der Waals surface area contributed by atoms with Gasteiger partial charge in [0.2, 0.25) is 15.8 Å². The van der Waals surface area contributed by atoms with Crippen LogP contribution >= 0.6 is 0 Å². The van der Waals surface area contributed by atoms with E-state index in [0.717, 1.165) is 49.6 Å². The Morgan fingerprint density at radius 2 is 1.81 bits per heavy atom. The molecule has 4 aromatic rings. The Labute approximate surface area is 241 Å². The van der Waals surface area contributed by atoms with Gasteiger partial charge in [0.1, 0.15) is 11.5 Å². The molecule has 0 bridgehead atoms. The summed E-state index contributed by atoms with van der Waals surface area (Å²) in [6.07, 6.45) is 2.93. The number of sulfonamides is 1. The lowest BCUT2D eigenvalue weighted by Crippen LogP contribution is -2.43. The molecule has 0 amide bonds. The molecular weight excluding hydrogens is 568 g/mol. The number of ketones is 1. The van der Waals surface area contributed by atoms with Gasteiger partial charge in [-0.15, -0.1) is 0 Å². The largest absolute Gasteiger partial charge is 0.466 e. The highest BCUT2D eigenvalue weighted by molar-refractivity contribution is 7.92. The number of anilines is 2. The molecule has 0 saturated carbocycles. The van der Waals surface area contributed by atoms with Crippen LogP contribution in [-0.4, -0.2) is 68.7 Å². The van der Waals surface area contributed by atoms with Gasteiger partial charge in [0.25, 0.3) is 0 Å². The Morgan fingerprint density at radius 1 is 1.07 bits per heavy atom. The molecule has 42 heavy (non-hydrogen) atoms. The molecule has 0 atom stereocenters. The van der Waals surface area contributed by atoms with E-state index in [0.29, 0.717) is 16.6 Å². The monoisotopic (exact) mass is 597 g/mol. The van der Waals surface area contributed by atoms with Crippen molar-refractivity contribution in [3.05, 3.63) is 77.6 Å². The number of ether oxygens (including phenoxy) is 1. The van der Waals surface area contributed by atoms with Gasteiger partial charge in [-0.1, -0.05) is 12.1 Å². The molecule has 1 aliphatic heterocycles. The predicted molar refractivity (Wildman–Crippen MR) is 155 cm³/mol. The Kier molecular flexibility index (Phi) is 8.50. The standard InChI is InChI=1S/C29H29F2N5O5S/c1-18(37)41-13-2-14-42(39,40)35-25-8-7-24(30)26(27(25)31)28(38)23-17-34-29-22(23)15-20(16-33-29)19-3-5-21(6-4-19)36-11-9-32-10-12-36/h3-8,15-17,32,35H,2,9-14H2,1H3,(H,33,34). The first kappa shape index (κ1) is 29.1. The zero-order valence-corrected chi connectivity index (χ0v) is 23.6. The molecule has 13 heteroatoms. The molecule has 10 nitrogen and oxygen atoms in total. The third kappa shape index (κ3) is 6.42. The quantitative estimate of drug-likeness (QED) is 0.143. The highest BCUT2D eigenvalue weighted by Gasteiger charge is 2.26. The van der Waals surface area contributed by atoms with Gasteiger partial charge in [-0.05, 0) is 42.3 Å². The summed E-state index contributed by atoms with van der Waals surface area (Å²) in [6, 6.07) is 11.4. The average Bonchev–Trinajstić information content (AvgIpc) is 3.41. The van der Waals surface area contributed by atoms with Crippen LogP contribution in [0.2, 0.25) is 0 Å². The van der Waals surface area contributed by atoms with E-state index in [-0.39, 0.29) is 18.6 Å². The third-order valence-electron chi connectivity index (χ3n) is 6.90. The fourth-order valence-corrected chi connectivity index (χ4v) is 5.89. The molecule has 220 valence electrons. The number of hydrogen-bond acceptors (Lipinski definition) is 8. The molecule has 0 spiro atoms. The van der Waals surface area contributed by atoms with Crippen molar-refractivity contribution in [1.29, 1.82) is 0 Å². The van der Waals surface area contributed by atoms with Crippen LogP contribution in [0.1, 0.15) is 29.3 Å². The summed E-state index contributed by atoms with van der Waals surface area (Å²) in [7, 11) is -4.08. The van der Waals surface area contributed by atoms with Crippen LogP contribution in [-0.2, 0) is 19.6 Å². The van der Waals surface area contributed by atoms with Crippen LogP contribution in [0, 0.1) is 11.6 Å². The molecule has 3 heterocycles. The van der Waals surface area contributed by atoms with Crippen molar-refractivity contribution < 1.29 is 31.5 Å². The minimum Gasteiger partial charge on any atom is -0.466 e. The molecular formula is C29H29F2N5O5S. The number of carbonyl (C=O) groups is 2. The summed E-state index contributed by atoms with van der Waals surface area (Å²) in [6.45, 7) is 4.71. The maximum atomic E-state index is 15.4. The second kappa shape index (κ2) is 12.2. The molecule has 0 radical (unpaired) electrons. The number of piperazine rings is 1. The highest BCUT2D eigenvalue weighted by atomic mass is 32.2. The Balaban J connectivity index is 1.40. The minimum atomic E-state index is -4.08. The maximum absolute atomic E-state index is 15.4. The molecule has 2 aromatic carbocycles. The Hall–Kier alpha value is -4.36. The van der Waals surface area contributed by atoms with E-state index in [1.807, 2.05) is 29.0 Å². The van der Waals surface area contributed by atoms with Gasteiger partial charge in [-0.2, -0.15) is 0 Å². The number of fused-ring (bicyclic) bond motifs is 1. The summed E-state index contributed by atoms with van der Waals surface area (Å²) >= 11 is 0. The number of esters is 1. The number of pyridine rings is 1. The summed E-state index contributed by atoms with van der Waals surface area (Å²) < 4.78 is 61.9. The normalized spacial score (nSPS) is 13.7. The molecule has 1 fully saturated rings. The van der Waals surface area contributed by atoms with Gasteiger partial charge in [-0.3, -0.25) is 14.3 Å². The van der Waals surface area contributed by atoms with Crippen LogP contribution in [0.15, 0.2) is 54.9 Å². The van der Waals surface area contributed by atoms with E-state index in [4.69, 9.17) is 4.74 Å². The second-order valence-electron chi connectivity index (χ2n) is 9.83. The number of H-pyrrole nitrogens is 1. The van der Waals surface area contributed by atoms with Crippen molar-refractivity contribution >= 4 is 44.2 Å². The van der Waals surface area contributed by atoms with Crippen LogP contribution in [0.25, 0.3) is 22.2 Å². The third-order valence-corrected chi connectivity index (χ3v) is 8.26. The fourth-order valence-electron chi connectivity index (χ4n) is 4.79. The number of nitrogens with zero attached hydrogens (tertiary/aromatic N) is 2. The van der Waals surface area contributed by atoms with Crippen molar-refractivity contribution in [2.75, 3.05) is 48.2 Å². The number of nitrogens with one attached hydrogen (secondary N) is 3. The fraction of sp³-hybridized carbons (Fsp3) is 0.276. The summed E-state index contributed by atoms with van der Waals surface area (Å²) in [4.78, 5) is 33.9. The van der Waals surface area contributed by atoms with Crippen LogP contribution in [0.3, 0.4) is 0 Å². The molecule has 1 aliphatic rings. The molecule has 0 aliphatic carbocycles. The number of rotatable bonds is 10. The van der Waals surface area contributed by atoms with E-state index in [2.05, 4.69) is 20.2 Å². The van der Waals surface area contributed by atoms with Gasteiger partial charge in [0.05, 0.1) is 23.6 Å². The van der Waals surface area contributed by atoms with Gasteiger partial charge in [-0.25, -0.2) is 22.2 Å². The molecule has 2 aromatic heterocycles. The van der Waals surface area contributed by atoms with Crippen LogP contribution in [0.5, 0.6) is 0 Å². The van der Waals surface area contributed by atoms with E-state index < -0.39 is 50.4 Å². The van der Waals surface area contributed by atoms with Gasteiger partial charge < -0.3 is 19.9 Å². The van der Waals surface area contributed by atoms with E-state index >= 15 is 4.39 Å². The number of aromatic nitrogens is 2. The number of hydrogen-bond donors (Lipinski definition) is 3. The van der Waals surface area contributed by atoms with Crippen molar-refractivity contribution in [2.24, 2.45) is 0 Å². The van der Waals surface area contributed by atoms with Gasteiger partial charge in [0, 0.05) is 67.7 Å². The molecule has 1 saturated heterocycles. The van der Waals surface area contributed by atoms with Crippen LogP contribution < -0.4 is 14.9 Å². The number of aromatic amines is 1. The van der Waals surface area contributed by atoms with Crippen molar-refractivity contribution in [2.45, 2.75) is 13.3 Å². The number of halogens is 2. The zero-order valence-electron chi connectivity index (χ0n) is 22.7. The van der Waals surface area contributed by atoms with Gasteiger partial charge >= 0.3 is 5.97 Å². The SMILES string of the molecule is CC(=O)OCCCS(=O)(=O)Nc1ccc(F)c(C(=O)c2c[nH]c3ncc(-c4ccc(N5CCNCC5)cc4)cc23)c1F. The van der Waals surface area contributed by atoms with E-state index in [1.54, 1.807) is 12.3 Å². The van der Waals surface area contributed by atoms with Crippen molar-refractivity contribution in [3.8, 4) is 11.1 Å². The highest BCUT2D eigenvalue weighted by Crippen LogP contribution is 2.30. The lowest BCUT2D eigenvalue weighted by atomic mass is 9.99. The number of carbonyl (C=O) groups excluding carboxylic acids is 2. The smallest absolute Gasteiger partial charge is 0.302 e. The van der Waals surface area contributed by atoms with E-state index in [9.17, 15) is 22.4 Å². The average molecular weight is 598 g/mol. The topological polar surface area (TPSA) is 133 Å². The summed E-state index contributed by atoms with van der Waals surface area (Å²) in [5.41, 5.74) is 1.51. The Morgan fingerprint density at radius 3 is 2.52 bits per heavy atom. The molecule has 0 unspecified atom stereocenters. The van der Waals surface area contributed by atoms with Crippen molar-refractivity contribution in [1.82, 2.24) is 15.3 Å². The summed E-state index contributed by atoms with van der Waals surface area (Å²) in [5.74, 6) is -4.49. The lowest BCUT2D eigenvalue weighted by Gasteiger charge is -2.29. The van der Waals surface area contributed by atoms with Crippen LogP contribution in [0.4, 0.5) is 20.2 Å². The first-order chi connectivity index (χ1) is 20.1. The number of benzene rings is 2. The maximum Gasteiger partial charge on any atom is 0.302 e. The second-order valence-corrected chi connectivity index (χ2v) is 11.7. The van der Waals surface area contributed by atoms with Gasteiger partial charge in [0.15, 0.2) is 5.82 Å². The zero-order chi connectivity index (χ0) is 29.9. The molecule has 3 N–H and O–H groups in total.